The van der Waals surface area contributed by atoms with Crippen LogP contribution >= 0.6 is 11.3 Å². The van der Waals surface area contributed by atoms with Crippen molar-refractivity contribution in [1.29, 1.82) is 0 Å². The second-order valence-electron chi connectivity index (χ2n) is 7.04. The number of nitrogens with zero attached hydrogens (tertiary/aromatic N) is 2. The van der Waals surface area contributed by atoms with Gasteiger partial charge in [0.2, 0.25) is 0 Å². The van der Waals surface area contributed by atoms with E-state index in [1.165, 1.54) is 11.3 Å². The van der Waals surface area contributed by atoms with Crippen LogP contribution < -0.4 is 10.1 Å². The average molecular weight is 411 g/mol. The Hall–Kier alpha value is -3.13. The molecule has 1 aliphatic rings. The molecule has 0 unspecified atom stereocenters. The fourth-order valence-electron chi connectivity index (χ4n) is 3.12. The Morgan fingerprint density at radius 2 is 2.03 bits per heavy atom. The molecule has 0 saturated carbocycles. The standard InChI is InChI=1S/C21H21N3O4S/c1-12(2)24-18(8-9-22-24)23-20(25)13(3)28-21(26)17-10-14-11-27-16-7-5-4-6-15(16)19(14)29-17/h4-10,12-13H,11H2,1-3H3,(H,23,25)/t13-/m0/s1. The zero-order chi connectivity index (χ0) is 20.5. The van der Waals surface area contributed by atoms with Gasteiger partial charge in [0.25, 0.3) is 5.91 Å². The Balaban J connectivity index is 1.45. The summed E-state index contributed by atoms with van der Waals surface area (Å²) in [6.45, 7) is 5.89. The van der Waals surface area contributed by atoms with Crippen LogP contribution in [-0.2, 0) is 16.1 Å². The van der Waals surface area contributed by atoms with Crippen molar-refractivity contribution in [3.63, 3.8) is 0 Å². The summed E-state index contributed by atoms with van der Waals surface area (Å²) in [6.07, 6.45) is 0.670. The molecular weight excluding hydrogens is 390 g/mol. The molecule has 150 valence electrons. The smallest absolute Gasteiger partial charge is 0.349 e. The molecule has 4 rings (SSSR count). The van der Waals surface area contributed by atoms with Crippen molar-refractivity contribution < 1.29 is 19.1 Å². The largest absolute Gasteiger partial charge is 0.488 e. The number of fused-ring (bicyclic) bond motifs is 3. The highest BCUT2D eigenvalue weighted by Crippen LogP contribution is 2.42. The van der Waals surface area contributed by atoms with Gasteiger partial charge in [0.05, 0.1) is 6.20 Å². The van der Waals surface area contributed by atoms with Gasteiger partial charge in [0.15, 0.2) is 6.10 Å². The molecule has 0 aliphatic carbocycles. The van der Waals surface area contributed by atoms with E-state index in [1.807, 2.05) is 38.1 Å². The quantitative estimate of drug-likeness (QED) is 0.634. The number of carbonyl (C=O) groups excluding carboxylic acids is 2. The van der Waals surface area contributed by atoms with E-state index in [0.29, 0.717) is 17.3 Å². The number of carbonyl (C=O) groups is 2. The summed E-state index contributed by atoms with van der Waals surface area (Å²) in [5.74, 6) is 0.433. The lowest BCUT2D eigenvalue weighted by Crippen LogP contribution is -2.30. The van der Waals surface area contributed by atoms with Gasteiger partial charge in [0, 0.05) is 28.1 Å². The SMILES string of the molecule is CC(C)n1nccc1NC(=O)[C@H](C)OC(=O)c1cc2c(s1)-c1ccccc1OC2. The fourth-order valence-corrected chi connectivity index (χ4v) is 4.20. The monoisotopic (exact) mass is 411 g/mol. The predicted octanol–water partition coefficient (Wildman–Crippen LogP) is 4.27. The molecule has 0 spiro atoms. The first-order valence-corrected chi connectivity index (χ1v) is 10.2. The zero-order valence-electron chi connectivity index (χ0n) is 16.3. The highest BCUT2D eigenvalue weighted by atomic mass is 32.1. The lowest BCUT2D eigenvalue weighted by molar-refractivity contribution is -0.123. The molecule has 1 amide bonds. The number of amides is 1. The van der Waals surface area contributed by atoms with E-state index in [1.54, 1.807) is 29.9 Å². The number of hydrogen-bond acceptors (Lipinski definition) is 6. The summed E-state index contributed by atoms with van der Waals surface area (Å²) in [6, 6.07) is 11.3. The van der Waals surface area contributed by atoms with Gasteiger partial charge in [-0.2, -0.15) is 5.10 Å². The normalized spacial score (nSPS) is 13.2. The van der Waals surface area contributed by atoms with Gasteiger partial charge in [-0.1, -0.05) is 12.1 Å². The van der Waals surface area contributed by atoms with Crippen molar-refractivity contribution in [1.82, 2.24) is 9.78 Å². The summed E-state index contributed by atoms with van der Waals surface area (Å²) < 4.78 is 12.8. The first-order chi connectivity index (χ1) is 13.9. The third kappa shape index (κ3) is 3.75. The number of nitrogens with one attached hydrogen (secondary N) is 1. The molecule has 0 bridgehead atoms. The summed E-state index contributed by atoms with van der Waals surface area (Å²) in [7, 11) is 0. The number of para-hydroxylation sites is 1. The highest BCUT2D eigenvalue weighted by molar-refractivity contribution is 7.17. The van der Waals surface area contributed by atoms with Crippen LogP contribution in [-0.4, -0.2) is 27.8 Å². The molecule has 1 aromatic carbocycles. The van der Waals surface area contributed by atoms with E-state index in [2.05, 4.69) is 10.4 Å². The first-order valence-electron chi connectivity index (χ1n) is 9.34. The maximum Gasteiger partial charge on any atom is 0.349 e. The fraction of sp³-hybridized carbons (Fsp3) is 0.286. The minimum atomic E-state index is -0.944. The van der Waals surface area contributed by atoms with E-state index in [0.717, 1.165) is 21.8 Å². The number of benzene rings is 1. The third-order valence-corrected chi connectivity index (χ3v) is 5.78. The second-order valence-corrected chi connectivity index (χ2v) is 8.09. The first kappa shape index (κ1) is 19.2. The molecule has 3 heterocycles. The Morgan fingerprint density at radius 3 is 2.83 bits per heavy atom. The number of hydrogen-bond donors (Lipinski definition) is 1. The summed E-state index contributed by atoms with van der Waals surface area (Å²) in [5.41, 5.74) is 1.91. The highest BCUT2D eigenvalue weighted by Gasteiger charge is 2.26. The molecule has 1 aliphatic heterocycles. The Kier molecular flexibility index (Phi) is 5.10. The third-order valence-electron chi connectivity index (χ3n) is 4.59. The van der Waals surface area contributed by atoms with Gasteiger partial charge >= 0.3 is 5.97 Å². The molecule has 8 heteroatoms. The van der Waals surface area contributed by atoms with Crippen LogP contribution in [0.25, 0.3) is 10.4 Å². The van der Waals surface area contributed by atoms with Crippen LogP contribution in [0.3, 0.4) is 0 Å². The number of aromatic nitrogens is 2. The average Bonchev–Trinajstić information content (AvgIpc) is 3.34. The van der Waals surface area contributed by atoms with Crippen LogP contribution in [0.5, 0.6) is 5.75 Å². The summed E-state index contributed by atoms with van der Waals surface area (Å²) >= 11 is 1.35. The Labute approximate surface area is 172 Å². The summed E-state index contributed by atoms with van der Waals surface area (Å²) in [5, 5.41) is 6.93. The van der Waals surface area contributed by atoms with Crippen molar-refractivity contribution >= 4 is 29.0 Å². The molecule has 7 nitrogen and oxygen atoms in total. The number of rotatable bonds is 5. The number of ether oxygens (including phenoxy) is 2. The van der Waals surface area contributed by atoms with Gasteiger partial charge < -0.3 is 14.8 Å². The van der Waals surface area contributed by atoms with E-state index < -0.39 is 18.0 Å². The minimum Gasteiger partial charge on any atom is -0.488 e. The molecule has 29 heavy (non-hydrogen) atoms. The van der Waals surface area contributed by atoms with Crippen molar-refractivity contribution in [2.75, 3.05) is 5.32 Å². The zero-order valence-corrected chi connectivity index (χ0v) is 17.2. The van der Waals surface area contributed by atoms with E-state index in [9.17, 15) is 9.59 Å². The van der Waals surface area contributed by atoms with Crippen molar-refractivity contribution in [3.8, 4) is 16.2 Å². The molecule has 3 aromatic rings. The maximum absolute atomic E-state index is 12.6. The van der Waals surface area contributed by atoms with Crippen LogP contribution in [0.15, 0.2) is 42.6 Å². The molecule has 0 saturated heterocycles. The van der Waals surface area contributed by atoms with Crippen LogP contribution in [0.1, 0.15) is 42.0 Å². The molecule has 0 radical (unpaired) electrons. The van der Waals surface area contributed by atoms with Gasteiger partial charge in [-0.15, -0.1) is 11.3 Å². The lowest BCUT2D eigenvalue weighted by atomic mass is 10.1. The van der Waals surface area contributed by atoms with Gasteiger partial charge in [-0.05, 0) is 39.0 Å². The van der Waals surface area contributed by atoms with Crippen LogP contribution in [0.2, 0.25) is 0 Å². The molecule has 1 atom stereocenters. The molecular formula is C21H21N3O4S. The van der Waals surface area contributed by atoms with E-state index in [4.69, 9.17) is 9.47 Å². The second kappa shape index (κ2) is 7.71. The Bertz CT molecular complexity index is 1070. The van der Waals surface area contributed by atoms with Crippen LogP contribution in [0, 0.1) is 0 Å². The van der Waals surface area contributed by atoms with Gasteiger partial charge in [-0.3, -0.25) is 4.79 Å². The maximum atomic E-state index is 12.6. The van der Waals surface area contributed by atoms with Crippen molar-refractivity contribution in [2.24, 2.45) is 0 Å². The number of anilines is 1. The molecule has 2 aromatic heterocycles. The Morgan fingerprint density at radius 1 is 1.24 bits per heavy atom. The van der Waals surface area contributed by atoms with Crippen molar-refractivity contribution in [3.05, 3.63) is 53.0 Å². The van der Waals surface area contributed by atoms with Gasteiger partial charge in [0.1, 0.15) is 23.1 Å². The van der Waals surface area contributed by atoms with Gasteiger partial charge in [-0.25, -0.2) is 9.48 Å². The number of esters is 1. The predicted molar refractivity (Wildman–Crippen MR) is 110 cm³/mol. The summed E-state index contributed by atoms with van der Waals surface area (Å²) in [4.78, 5) is 26.5. The van der Waals surface area contributed by atoms with E-state index in [-0.39, 0.29) is 6.04 Å². The minimum absolute atomic E-state index is 0.0979. The van der Waals surface area contributed by atoms with E-state index >= 15 is 0 Å². The molecule has 1 N–H and O–H groups in total. The number of thiophene rings is 1. The van der Waals surface area contributed by atoms with Crippen molar-refractivity contribution in [2.45, 2.75) is 39.5 Å². The topological polar surface area (TPSA) is 82.5 Å². The van der Waals surface area contributed by atoms with Crippen LogP contribution in [0.4, 0.5) is 5.82 Å². The lowest BCUT2D eigenvalue weighted by Gasteiger charge is -2.16. The molecule has 0 fully saturated rings.